The van der Waals surface area contributed by atoms with Gasteiger partial charge >= 0.3 is 0 Å². The van der Waals surface area contributed by atoms with E-state index >= 15 is 0 Å². The van der Waals surface area contributed by atoms with Gasteiger partial charge in [0.2, 0.25) is 0 Å². The van der Waals surface area contributed by atoms with Crippen LogP contribution in [0.2, 0.25) is 0 Å². The van der Waals surface area contributed by atoms with Gasteiger partial charge in [0, 0.05) is 6.54 Å². The summed E-state index contributed by atoms with van der Waals surface area (Å²) in [6.07, 6.45) is -0.571. The van der Waals surface area contributed by atoms with Crippen molar-refractivity contribution < 1.29 is 5.11 Å². The van der Waals surface area contributed by atoms with E-state index in [1.54, 1.807) is 6.07 Å². The van der Waals surface area contributed by atoms with E-state index in [1.807, 2.05) is 55.5 Å². The Hall–Kier alpha value is -2.50. The third-order valence-electron chi connectivity index (χ3n) is 4.10. The highest BCUT2D eigenvalue weighted by molar-refractivity contribution is 5.77. The molecule has 2 N–H and O–H groups in total. The van der Waals surface area contributed by atoms with Gasteiger partial charge < -0.3 is 10.1 Å². The van der Waals surface area contributed by atoms with Crippen LogP contribution < -0.4 is 5.56 Å². The van der Waals surface area contributed by atoms with Crippen LogP contribution in [0.5, 0.6) is 0 Å². The first-order valence-electron chi connectivity index (χ1n) is 8.10. The van der Waals surface area contributed by atoms with Crippen molar-refractivity contribution in [2.75, 3.05) is 13.1 Å². The summed E-state index contributed by atoms with van der Waals surface area (Å²) in [4.78, 5) is 21.6. The maximum Gasteiger partial charge on any atom is 0.258 e. The zero-order chi connectivity index (χ0) is 16.9. The monoisotopic (exact) mass is 323 g/mol. The molecule has 1 aromatic heterocycles. The number of benzene rings is 2. The number of H-pyrrole nitrogens is 1. The highest BCUT2D eigenvalue weighted by atomic mass is 16.3. The molecule has 1 unspecified atom stereocenters. The molecule has 5 nitrogen and oxygen atoms in total. The summed E-state index contributed by atoms with van der Waals surface area (Å²) in [6.45, 7) is 3.74. The molecule has 0 spiro atoms. The number of nitrogens with zero attached hydrogens (tertiary/aromatic N) is 2. The Morgan fingerprint density at radius 1 is 1.12 bits per heavy atom. The zero-order valence-corrected chi connectivity index (χ0v) is 13.6. The molecule has 3 aromatic rings. The van der Waals surface area contributed by atoms with Gasteiger partial charge in [0.25, 0.3) is 5.56 Å². The second-order valence-corrected chi connectivity index (χ2v) is 5.78. The smallest absolute Gasteiger partial charge is 0.258 e. The molecule has 0 aliphatic carbocycles. The summed E-state index contributed by atoms with van der Waals surface area (Å²) in [7, 11) is 0. The number of likely N-dealkylation sites (N-methyl/N-ethyl adjacent to an activating group) is 1. The first kappa shape index (κ1) is 16.4. The van der Waals surface area contributed by atoms with Crippen LogP contribution in [-0.4, -0.2) is 33.1 Å². The molecule has 3 rings (SSSR count). The van der Waals surface area contributed by atoms with E-state index in [-0.39, 0.29) is 5.56 Å². The molecule has 5 heteroatoms. The molecule has 124 valence electrons. The van der Waals surface area contributed by atoms with Gasteiger partial charge in [-0.15, -0.1) is 0 Å². The van der Waals surface area contributed by atoms with E-state index in [0.29, 0.717) is 29.8 Å². The number of para-hydroxylation sites is 1. The van der Waals surface area contributed by atoms with Crippen molar-refractivity contribution in [3.63, 3.8) is 0 Å². The molecule has 0 amide bonds. The number of aromatic amines is 1. The Bertz CT molecular complexity index is 861. The number of aliphatic hydroxyl groups is 1. The molecule has 2 aromatic carbocycles. The van der Waals surface area contributed by atoms with Crippen molar-refractivity contribution in [1.82, 2.24) is 14.9 Å². The predicted octanol–water partition coefficient (Wildman–Crippen LogP) is 2.48. The largest absolute Gasteiger partial charge is 0.387 e. The van der Waals surface area contributed by atoms with Crippen LogP contribution >= 0.6 is 0 Å². The Kier molecular flexibility index (Phi) is 5.03. The fourth-order valence-corrected chi connectivity index (χ4v) is 2.75. The van der Waals surface area contributed by atoms with E-state index < -0.39 is 6.10 Å². The number of fused-ring (bicyclic) bond motifs is 1. The fraction of sp³-hybridized carbons (Fsp3) is 0.263. The SMILES string of the molecule is CCN(Cc1nc2ccccc2c(=O)[nH]1)CC(O)c1ccccc1. The van der Waals surface area contributed by atoms with Crippen LogP contribution in [0.25, 0.3) is 10.9 Å². The molecule has 1 atom stereocenters. The van der Waals surface area contributed by atoms with Gasteiger partial charge in [-0.2, -0.15) is 0 Å². The maximum absolute atomic E-state index is 12.1. The zero-order valence-electron chi connectivity index (χ0n) is 13.6. The number of hydrogen-bond donors (Lipinski definition) is 2. The van der Waals surface area contributed by atoms with Gasteiger partial charge in [0.15, 0.2) is 0 Å². The van der Waals surface area contributed by atoms with Gasteiger partial charge in [-0.1, -0.05) is 49.4 Å². The lowest BCUT2D eigenvalue weighted by Crippen LogP contribution is -2.30. The molecule has 0 aliphatic heterocycles. The lowest BCUT2D eigenvalue weighted by molar-refractivity contribution is 0.111. The predicted molar refractivity (Wildman–Crippen MR) is 94.7 cm³/mol. The van der Waals surface area contributed by atoms with Crippen molar-refractivity contribution in [1.29, 1.82) is 0 Å². The highest BCUT2D eigenvalue weighted by Crippen LogP contribution is 2.15. The van der Waals surface area contributed by atoms with Crippen LogP contribution in [0.15, 0.2) is 59.4 Å². The van der Waals surface area contributed by atoms with Crippen LogP contribution in [0.3, 0.4) is 0 Å². The molecule has 1 heterocycles. The van der Waals surface area contributed by atoms with Crippen molar-refractivity contribution in [3.8, 4) is 0 Å². The van der Waals surface area contributed by atoms with Crippen molar-refractivity contribution >= 4 is 10.9 Å². The molecule has 0 aliphatic rings. The normalized spacial score (nSPS) is 12.6. The summed E-state index contributed by atoms with van der Waals surface area (Å²) in [6, 6.07) is 16.9. The molecule has 0 radical (unpaired) electrons. The second-order valence-electron chi connectivity index (χ2n) is 5.78. The summed E-state index contributed by atoms with van der Waals surface area (Å²) in [5, 5.41) is 11.0. The Labute approximate surface area is 140 Å². The van der Waals surface area contributed by atoms with Crippen molar-refractivity contribution in [2.24, 2.45) is 0 Å². The summed E-state index contributed by atoms with van der Waals surface area (Å²) < 4.78 is 0. The minimum atomic E-state index is -0.571. The van der Waals surface area contributed by atoms with Gasteiger partial charge in [-0.3, -0.25) is 9.69 Å². The third kappa shape index (κ3) is 3.69. The number of nitrogens with one attached hydrogen (secondary N) is 1. The summed E-state index contributed by atoms with van der Waals surface area (Å²) in [5.74, 6) is 0.612. The maximum atomic E-state index is 12.1. The van der Waals surface area contributed by atoms with E-state index in [1.165, 1.54) is 0 Å². The average molecular weight is 323 g/mol. The van der Waals surface area contributed by atoms with E-state index in [4.69, 9.17) is 0 Å². The summed E-state index contributed by atoms with van der Waals surface area (Å²) in [5.41, 5.74) is 1.45. The molecule has 0 saturated carbocycles. The lowest BCUT2D eigenvalue weighted by Gasteiger charge is -2.23. The Balaban J connectivity index is 1.77. The van der Waals surface area contributed by atoms with Gasteiger partial charge in [0.1, 0.15) is 5.82 Å². The molecule has 0 bridgehead atoms. The minimum absolute atomic E-state index is 0.129. The first-order chi connectivity index (χ1) is 11.7. The molecular weight excluding hydrogens is 302 g/mol. The van der Waals surface area contributed by atoms with Crippen LogP contribution in [0.4, 0.5) is 0 Å². The van der Waals surface area contributed by atoms with Crippen LogP contribution in [0, 0.1) is 0 Å². The van der Waals surface area contributed by atoms with Crippen molar-refractivity contribution in [3.05, 3.63) is 76.3 Å². The minimum Gasteiger partial charge on any atom is -0.387 e. The molecule has 24 heavy (non-hydrogen) atoms. The molecule has 0 fully saturated rings. The van der Waals surface area contributed by atoms with Gasteiger partial charge in [-0.05, 0) is 24.2 Å². The average Bonchev–Trinajstić information content (AvgIpc) is 2.62. The van der Waals surface area contributed by atoms with Crippen LogP contribution in [-0.2, 0) is 6.54 Å². The Morgan fingerprint density at radius 2 is 1.83 bits per heavy atom. The van der Waals surface area contributed by atoms with E-state index in [2.05, 4.69) is 14.9 Å². The standard InChI is InChI=1S/C19H21N3O2/c1-2-22(12-17(23)14-8-4-3-5-9-14)13-18-20-16-11-7-6-10-15(16)19(24)21-18/h3-11,17,23H,2,12-13H2,1H3,(H,20,21,24). The topological polar surface area (TPSA) is 69.2 Å². The third-order valence-corrected chi connectivity index (χ3v) is 4.10. The van der Waals surface area contributed by atoms with E-state index in [0.717, 1.165) is 12.1 Å². The van der Waals surface area contributed by atoms with E-state index in [9.17, 15) is 9.90 Å². The number of aliphatic hydroxyl groups excluding tert-OH is 1. The van der Waals surface area contributed by atoms with Crippen molar-refractivity contribution in [2.45, 2.75) is 19.6 Å². The Morgan fingerprint density at radius 3 is 2.58 bits per heavy atom. The lowest BCUT2D eigenvalue weighted by atomic mass is 10.1. The van der Waals surface area contributed by atoms with Gasteiger partial charge in [-0.25, -0.2) is 4.98 Å². The molecule has 0 saturated heterocycles. The number of aromatic nitrogens is 2. The number of hydrogen-bond acceptors (Lipinski definition) is 4. The quantitative estimate of drug-likeness (QED) is 0.731. The summed E-state index contributed by atoms with van der Waals surface area (Å²) >= 11 is 0. The first-order valence-corrected chi connectivity index (χ1v) is 8.10. The van der Waals surface area contributed by atoms with Crippen LogP contribution in [0.1, 0.15) is 24.4 Å². The fourth-order valence-electron chi connectivity index (χ4n) is 2.75. The number of rotatable bonds is 6. The highest BCUT2D eigenvalue weighted by Gasteiger charge is 2.14. The molecular formula is C19H21N3O2. The van der Waals surface area contributed by atoms with Gasteiger partial charge in [0.05, 0.1) is 23.6 Å². The second kappa shape index (κ2) is 7.38.